The van der Waals surface area contributed by atoms with Gasteiger partial charge in [0.15, 0.2) is 0 Å². The molecule has 0 bridgehead atoms. The highest BCUT2D eigenvalue weighted by Crippen LogP contribution is 2.30. The molecule has 0 aliphatic carbocycles. The lowest BCUT2D eigenvalue weighted by Gasteiger charge is -2.05. The number of aromatic nitrogens is 1. The van der Waals surface area contributed by atoms with E-state index in [1.54, 1.807) is 6.07 Å². The van der Waals surface area contributed by atoms with Gasteiger partial charge in [-0.25, -0.2) is 9.78 Å². The van der Waals surface area contributed by atoms with Crippen LogP contribution in [0, 0.1) is 0 Å². The van der Waals surface area contributed by atoms with Gasteiger partial charge >= 0.3 is 5.63 Å². The van der Waals surface area contributed by atoms with Crippen LogP contribution in [-0.4, -0.2) is 11.6 Å². The van der Waals surface area contributed by atoms with E-state index in [-0.39, 0.29) is 0 Å². The number of benzene rings is 3. The summed E-state index contributed by atoms with van der Waals surface area (Å²) in [5.41, 5.74) is 3.46. The van der Waals surface area contributed by atoms with Gasteiger partial charge in [-0.15, -0.1) is 11.3 Å². The summed E-state index contributed by atoms with van der Waals surface area (Å²) in [5.74, 6) is 0.642. The summed E-state index contributed by atoms with van der Waals surface area (Å²) in [5, 5.41) is 3.40. The summed E-state index contributed by atoms with van der Waals surface area (Å²) in [6.07, 6.45) is 3.95. The average Bonchev–Trinajstić information content (AvgIpc) is 3.32. The van der Waals surface area contributed by atoms with E-state index in [0.29, 0.717) is 28.5 Å². The normalized spacial score (nSPS) is 11.3. The molecular formula is C27H18BrNO3S. The van der Waals surface area contributed by atoms with Crippen LogP contribution >= 0.6 is 27.3 Å². The fourth-order valence-electron chi connectivity index (χ4n) is 3.37. The Balaban J connectivity index is 1.35. The van der Waals surface area contributed by atoms with Crippen LogP contribution in [0.2, 0.25) is 0 Å². The number of halogens is 1. The van der Waals surface area contributed by atoms with Crippen LogP contribution in [0.1, 0.15) is 5.56 Å². The first-order valence-corrected chi connectivity index (χ1v) is 12.0. The van der Waals surface area contributed by atoms with Crippen LogP contribution in [0.3, 0.4) is 0 Å². The number of nitrogens with zero attached hydrogens (tertiary/aromatic N) is 1. The number of hydrogen-bond acceptors (Lipinski definition) is 5. The van der Waals surface area contributed by atoms with Gasteiger partial charge in [0.05, 0.1) is 11.3 Å². The van der Waals surface area contributed by atoms with Crippen LogP contribution in [0.4, 0.5) is 0 Å². The minimum atomic E-state index is -0.416. The van der Waals surface area contributed by atoms with E-state index in [2.05, 4.69) is 20.9 Å². The van der Waals surface area contributed by atoms with Crippen molar-refractivity contribution in [3.63, 3.8) is 0 Å². The summed E-state index contributed by atoms with van der Waals surface area (Å²) in [4.78, 5) is 17.3. The third kappa shape index (κ3) is 4.97. The molecule has 0 saturated heterocycles. The summed E-state index contributed by atoms with van der Waals surface area (Å²) in [7, 11) is 0. The quantitative estimate of drug-likeness (QED) is 0.220. The molecule has 6 heteroatoms. The van der Waals surface area contributed by atoms with Crippen molar-refractivity contribution < 1.29 is 9.15 Å². The van der Waals surface area contributed by atoms with E-state index >= 15 is 0 Å². The highest BCUT2D eigenvalue weighted by atomic mass is 79.9. The summed E-state index contributed by atoms with van der Waals surface area (Å²) in [6.45, 7) is 0.417. The molecule has 5 aromatic rings. The molecule has 0 spiro atoms. The van der Waals surface area contributed by atoms with Crippen LogP contribution in [0.15, 0.2) is 104 Å². The molecule has 0 amide bonds. The molecule has 162 valence electrons. The molecule has 2 aromatic heterocycles. The van der Waals surface area contributed by atoms with Crippen LogP contribution in [0.5, 0.6) is 5.75 Å². The molecule has 3 aromatic carbocycles. The topological polar surface area (TPSA) is 52.3 Å². The Morgan fingerprint density at radius 2 is 1.82 bits per heavy atom. The molecule has 0 radical (unpaired) electrons. The molecule has 5 rings (SSSR count). The second kappa shape index (κ2) is 9.57. The number of hydrogen-bond donors (Lipinski definition) is 0. The summed E-state index contributed by atoms with van der Waals surface area (Å²) in [6, 6.07) is 25.3. The van der Waals surface area contributed by atoms with E-state index in [4.69, 9.17) is 9.15 Å². The van der Waals surface area contributed by atoms with Crippen LogP contribution in [-0.2, 0) is 0 Å². The zero-order valence-corrected chi connectivity index (χ0v) is 19.8. The van der Waals surface area contributed by atoms with Gasteiger partial charge in [-0.3, -0.25) is 0 Å². The second-order valence-electron chi connectivity index (χ2n) is 7.32. The fourth-order valence-corrected chi connectivity index (χ4v) is 4.47. The van der Waals surface area contributed by atoms with Gasteiger partial charge in [-0.1, -0.05) is 64.5 Å². The number of fused-ring (bicyclic) bond motifs is 1. The molecule has 0 saturated carbocycles. The highest BCUT2D eigenvalue weighted by Gasteiger charge is 2.13. The van der Waals surface area contributed by atoms with Crippen molar-refractivity contribution in [2.75, 3.05) is 6.61 Å². The minimum absolute atomic E-state index is 0.416. The van der Waals surface area contributed by atoms with Crippen molar-refractivity contribution in [2.45, 2.75) is 0 Å². The second-order valence-corrected chi connectivity index (χ2v) is 9.09. The van der Waals surface area contributed by atoms with Crippen LogP contribution < -0.4 is 10.4 Å². The van der Waals surface area contributed by atoms with E-state index in [1.807, 2.05) is 90.3 Å². The lowest BCUT2D eigenvalue weighted by molar-refractivity contribution is 0.363. The van der Waals surface area contributed by atoms with Crippen molar-refractivity contribution in [2.24, 2.45) is 0 Å². The van der Waals surface area contributed by atoms with Crippen molar-refractivity contribution in [3.8, 4) is 27.6 Å². The monoisotopic (exact) mass is 515 g/mol. The molecule has 0 fully saturated rings. The van der Waals surface area contributed by atoms with Crippen molar-refractivity contribution in [3.05, 3.63) is 111 Å². The number of rotatable bonds is 6. The van der Waals surface area contributed by atoms with E-state index in [0.717, 1.165) is 26.7 Å². The SMILES string of the molecule is O=c1oc2cc(OC/C=C/c3ccccc3)ccc2cc1-c1nc(-c2ccc(Br)cc2)cs1. The summed E-state index contributed by atoms with van der Waals surface area (Å²) < 4.78 is 12.4. The maximum atomic E-state index is 12.7. The Morgan fingerprint density at radius 3 is 2.64 bits per heavy atom. The summed E-state index contributed by atoms with van der Waals surface area (Å²) >= 11 is 4.86. The predicted molar refractivity (Wildman–Crippen MR) is 138 cm³/mol. The lowest BCUT2D eigenvalue weighted by Crippen LogP contribution is -2.02. The predicted octanol–water partition coefficient (Wildman–Crippen LogP) is 7.44. The van der Waals surface area contributed by atoms with Crippen molar-refractivity contribution in [1.29, 1.82) is 0 Å². The van der Waals surface area contributed by atoms with Gasteiger partial charge in [0.1, 0.15) is 22.9 Å². The first-order chi connectivity index (χ1) is 16.2. The van der Waals surface area contributed by atoms with Gasteiger partial charge in [0, 0.05) is 26.9 Å². The van der Waals surface area contributed by atoms with Gasteiger partial charge in [-0.2, -0.15) is 0 Å². The Morgan fingerprint density at radius 1 is 1.00 bits per heavy atom. The lowest BCUT2D eigenvalue weighted by atomic mass is 10.1. The van der Waals surface area contributed by atoms with Gasteiger partial charge < -0.3 is 9.15 Å². The Hall–Kier alpha value is -3.48. The largest absolute Gasteiger partial charge is 0.489 e. The third-order valence-corrected chi connectivity index (χ3v) is 6.44. The fraction of sp³-hybridized carbons (Fsp3) is 0.0370. The maximum Gasteiger partial charge on any atom is 0.346 e. The molecule has 33 heavy (non-hydrogen) atoms. The zero-order valence-electron chi connectivity index (χ0n) is 17.4. The Bertz CT molecular complexity index is 1490. The first kappa shape index (κ1) is 21.4. The number of ether oxygens (including phenoxy) is 1. The standard InChI is InChI=1S/C27H18BrNO3S/c28-21-11-8-19(9-12-21)24-17-33-26(29-24)23-15-20-10-13-22(16-25(20)32-27(23)30)31-14-4-7-18-5-2-1-3-6-18/h1-13,15-17H,14H2/b7-4+. The minimum Gasteiger partial charge on any atom is -0.489 e. The van der Waals surface area contributed by atoms with E-state index in [1.165, 1.54) is 11.3 Å². The Labute approximate surface area is 202 Å². The Kier molecular flexibility index (Phi) is 6.19. The molecular weight excluding hydrogens is 498 g/mol. The van der Waals surface area contributed by atoms with E-state index < -0.39 is 5.63 Å². The van der Waals surface area contributed by atoms with Crippen molar-refractivity contribution in [1.82, 2.24) is 4.98 Å². The van der Waals surface area contributed by atoms with Gasteiger partial charge in [0.25, 0.3) is 0 Å². The van der Waals surface area contributed by atoms with Gasteiger partial charge in [-0.05, 0) is 42.0 Å². The highest BCUT2D eigenvalue weighted by molar-refractivity contribution is 9.10. The van der Waals surface area contributed by atoms with Gasteiger partial charge in [0.2, 0.25) is 0 Å². The molecule has 0 aliphatic rings. The molecule has 0 aliphatic heterocycles. The molecule has 4 nitrogen and oxygen atoms in total. The number of thiazole rings is 1. The zero-order chi connectivity index (χ0) is 22.6. The molecule has 2 heterocycles. The third-order valence-electron chi connectivity index (χ3n) is 5.04. The van der Waals surface area contributed by atoms with Crippen molar-refractivity contribution >= 4 is 44.3 Å². The maximum absolute atomic E-state index is 12.7. The molecule has 0 N–H and O–H groups in total. The van der Waals surface area contributed by atoms with Crippen LogP contribution in [0.25, 0.3) is 38.9 Å². The smallest absolute Gasteiger partial charge is 0.346 e. The first-order valence-electron chi connectivity index (χ1n) is 10.3. The average molecular weight is 516 g/mol. The molecule has 0 unspecified atom stereocenters. The molecule has 0 atom stereocenters. The van der Waals surface area contributed by atoms with E-state index in [9.17, 15) is 4.79 Å².